The Kier molecular flexibility index (Phi) is 2.71. The van der Waals surface area contributed by atoms with E-state index in [-0.39, 0.29) is 12.8 Å². The molecule has 0 heterocycles. The molecule has 2 rings (SSSR count). The molecule has 3 nitrogen and oxygen atoms in total. The lowest BCUT2D eigenvalue weighted by atomic mass is 9.75. The zero-order valence-electron chi connectivity index (χ0n) is 8.82. The number of aliphatic hydroxyl groups is 3. The molecular weight excluding hydrogens is 192 g/mol. The SMILES string of the molecule is OC1(O)CCC(O)(C2=CCCC=C2)CC1. The van der Waals surface area contributed by atoms with Gasteiger partial charge in [-0.1, -0.05) is 18.2 Å². The van der Waals surface area contributed by atoms with Crippen molar-refractivity contribution >= 4 is 0 Å². The highest BCUT2D eigenvalue weighted by Crippen LogP contribution is 2.39. The van der Waals surface area contributed by atoms with Gasteiger partial charge in [0.15, 0.2) is 5.79 Å². The highest BCUT2D eigenvalue weighted by molar-refractivity contribution is 5.31. The fraction of sp³-hybridized carbons (Fsp3) is 0.667. The van der Waals surface area contributed by atoms with Gasteiger partial charge in [0.2, 0.25) is 0 Å². The first kappa shape index (κ1) is 10.9. The highest BCUT2D eigenvalue weighted by Gasteiger charge is 2.40. The predicted molar refractivity (Wildman–Crippen MR) is 57.0 cm³/mol. The van der Waals surface area contributed by atoms with E-state index in [1.54, 1.807) is 0 Å². The summed E-state index contributed by atoms with van der Waals surface area (Å²) in [7, 11) is 0. The summed E-state index contributed by atoms with van der Waals surface area (Å²) in [6, 6.07) is 0. The summed E-state index contributed by atoms with van der Waals surface area (Å²) >= 11 is 0. The second-order valence-electron chi connectivity index (χ2n) is 4.65. The van der Waals surface area contributed by atoms with Gasteiger partial charge in [0.1, 0.15) is 0 Å². The van der Waals surface area contributed by atoms with E-state index in [1.807, 2.05) is 6.08 Å². The third kappa shape index (κ3) is 2.30. The van der Waals surface area contributed by atoms with Crippen molar-refractivity contribution in [2.45, 2.75) is 49.9 Å². The molecule has 1 fully saturated rings. The second-order valence-corrected chi connectivity index (χ2v) is 4.65. The molecule has 84 valence electrons. The quantitative estimate of drug-likeness (QED) is 0.571. The lowest BCUT2D eigenvalue weighted by Crippen LogP contribution is -2.43. The first-order valence-corrected chi connectivity index (χ1v) is 5.56. The zero-order chi connectivity index (χ0) is 10.9. The van der Waals surface area contributed by atoms with Crippen molar-refractivity contribution in [1.29, 1.82) is 0 Å². The molecule has 0 aromatic carbocycles. The first-order chi connectivity index (χ1) is 7.02. The van der Waals surface area contributed by atoms with Crippen LogP contribution in [0.2, 0.25) is 0 Å². The Morgan fingerprint density at radius 3 is 2.13 bits per heavy atom. The van der Waals surface area contributed by atoms with E-state index >= 15 is 0 Å². The van der Waals surface area contributed by atoms with Crippen LogP contribution < -0.4 is 0 Å². The van der Waals surface area contributed by atoms with Crippen LogP contribution in [0, 0.1) is 0 Å². The van der Waals surface area contributed by atoms with E-state index < -0.39 is 11.4 Å². The van der Waals surface area contributed by atoms with Crippen LogP contribution in [-0.2, 0) is 0 Å². The van der Waals surface area contributed by atoms with Crippen LogP contribution in [0.3, 0.4) is 0 Å². The van der Waals surface area contributed by atoms with Crippen molar-refractivity contribution in [3.63, 3.8) is 0 Å². The first-order valence-electron chi connectivity index (χ1n) is 5.56. The summed E-state index contributed by atoms with van der Waals surface area (Å²) in [5, 5.41) is 29.2. The predicted octanol–water partition coefficient (Wildman–Crippen LogP) is 1.25. The summed E-state index contributed by atoms with van der Waals surface area (Å²) < 4.78 is 0. The van der Waals surface area contributed by atoms with Crippen molar-refractivity contribution in [3.05, 3.63) is 23.8 Å². The Labute approximate surface area is 89.7 Å². The van der Waals surface area contributed by atoms with Crippen molar-refractivity contribution in [3.8, 4) is 0 Å². The van der Waals surface area contributed by atoms with Crippen LogP contribution >= 0.6 is 0 Å². The number of allylic oxidation sites excluding steroid dienone is 2. The average molecular weight is 210 g/mol. The van der Waals surface area contributed by atoms with E-state index in [2.05, 4.69) is 12.2 Å². The molecular formula is C12H18O3. The molecule has 0 atom stereocenters. The van der Waals surface area contributed by atoms with Gasteiger partial charge in [0.25, 0.3) is 0 Å². The minimum Gasteiger partial charge on any atom is -0.385 e. The molecule has 2 aliphatic rings. The summed E-state index contributed by atoms with van der Waals surface area (Å²) in [6.45, 7) is 0. The van der Waals surface area contributed by atoms with Gasteiger partial charge in [-0.3, -0.25) is 0 Å². The summed E-state index contributed by atoms with van der Waals surface area (Å²) in [5.41, 5.74) is 0.107. The number of hydrogen-bond acceptors (Lipinski definition) is 3. The molecule has 0 aromatic rings. The summed E-state index contributed by atoms with van der Waals surface area (Å²) in [4.78, 5) is 0. The Bertz CT molecular complexity index is 292. The number of rotatable bonds is 1. The van der Waals surface area contributed by atoms with Crippen LogP contribution in [0.25, 0.3) is 0 Å². The number of hydrogen-bond donors (Lipinski definition) is 3. The van der Waals surface area contributed by atoms with Gasteiger partial charge in [0.05, 0.1) is 5.60 Å². The molecule has 0 bridgehead atoms. The Balaban J connectivity index is 2.09. The van der Waals surface area contributed by atoms with Gasteiger partial charge in [-0.25, -0.2) is 0 Å². The van der Waals surface area contributed by atoms with E-state index in [0.717, 1.165) is 18.4 Å². The lowest BCUT2D eigenvalue weighted by Gasteiger charge is -2.39. The molecule has 0 radical (unpaired) electrons. The molecule has 0 unspecified atom stereocenters. The fourth-order valence-corrected chi connectivity index (χ4v) is 2.31. The maximum Gasteiger partial charge on any atom is 0.162 e. The second kappa shape index (κ2) is 3.74. The molecule has 3 N–H and O–H groups in total. The van der Waals surface area contributed by atoms with Crippen LogP contribution in [0.1, 0.15) is 38.5 Å². The molecule has 0 aromatic heterocycles. The fourth-order valence-electron chi connectivity index (χ4n) is 2.31. The summed E-state index contributed by atoms with van der Waals surface area (Å²) in [6.07, 6.45) is 9.43. The Morgan fingerprint density at radius 1 is 0.933 bits per heavy atom. The molecule has 1 saturated carbocycles. The molecule has 0 spiro atoms. The van der Waals surface area contributed by atoms with Crippen LogP contribution in [-0.4, -0.2) is 26.7 Å². The third-order valence-electron chi connectivity index (χ3n) is 3.41. The van der Waals surface area contributed by atoms with Gasteiger partial charge < -0.3 is 15.3 Å². The van der Waals surface area contributed by atoms with Crippen molar-refractivity contribution in [2.24, 2.45) is 0 Å². The van der Waals surface area contributed by atoms with E-state index in [1.165, 1.54) is 0 Å². The van der Waals surface area contributed by atoms with Crippen molar-refractivity contribution < 1.29 is 15.3 Å². The molecule has 0 aliphatic heterocycles. The van der Waals surface area contributed by atoms with E-state index in [4.69, 9.17) is 0 Å². The maximum atomic E-state index is 10.4. The minimum atomic E-state index is -1.58. The minimum absolute atomic E-state index is 0.245. The maximum absolute atomic E-state index is 10.4. The largest absolute Gasteiger partial charge is 0.385 e. The monoisotopic (exact) mass is 210 g/mol. The highest BCUT2D eigenvalue weighted by atomic mass is 16.5. The van der Waals surface area contributed by atoms with E-state index in [0.29, 0.717) is 12.8 Å². The van der Waals surface area contributed by atoms with Gasteiger partial charge >= 0.3 is 0 Å². The lowest BCUT2D eigenvalue weighted by molar-refractivity contribution is -0.200. The van der Waals surface area contributed by atoms with Crippen LogP contribution in [0.4, 0.5) is 0 Å². The Morgan fingerprint density at radius 2 is 1.60 bits per heavy atom. The van der Waals surface area contributed by atoms with Crippen LogP contribution in [0.5, 0.6) is 0 Å². The zero-order valence-corrected chi connectivity index (χ0v) is 8.82. The molecule has 0 saturated heterocycles. The molecule has 0 amide bonds. The van der Waals surface area contributed by atoms with Gasteiger partial charge in [-0.15, -0.1) is 0 Å². The average Bonchev–Trinajstić information content (AvgIpc) is 2.24. The Hall–Kier alpha value is -0.640. The van der Waals surface area contributed by atoms with Gasteiger partial charge in [0, 0.05) is 12.8 Å². The molecule has 3 heteroatoms. The van der Waals surface area contributed by atoms with Gasteiger partial charge in [-0.2, -0.15) is 0 Å². The topological polar surface area (TPSA) is 60.7 Å². The molecule has 2 aliphatic carbocycles. The summed E-state index contributed by atoms with van der Waals surface area (Å²) in [5.74, 6) is -1.58. The van der Waals surface area contributed by atoms with E-state index in [9.17, 15) is 15.3 Å². The third-order valence-corrected chi connectivity index (χ3v) is 3.41. The molecule has 15 heavy (non-hydrogen) atoms. The normalized spacial score (nSPS) is 28.6. The standard InChI is InChI=1S/C12H18O3/c13-11(10-4-2-1-3-5-10)6-8-12(14,15)9-7-11/h2,4-5,13-15H,1,3,6-9H2. The van der Waals surface area contributed by atoms with Gasteiger partial charge in [-0.05, 0) is 31.3 Å². The van der Waals surface area contributed by atoms with Crippen LogP contribution in [0.15, 0.2) is 23.8 Å². The van der Waals surface area contributed by atoms with Crippen molar-refractivity contribution in [1.82, 2.24) is 0 Å². The van der Waals surface area contributed by atoms with Crippen molar-refractivity contribution in [2.75, 3.05) is 0 Å². The smallest absolute Gasteiger partial charge is 0.162 e.